The van der Waals surface area contributed by atoms with Crippen LogP contribution in [0.25, 0.3) is 11.4 Å². The van der Waals surface area contributed by atoms with Crippen molar-refractivity contribution in [2.24, 2.45) is 7.05 Å². The first-order chi connectivity index (χ1) is 20.5. The fourth-order valence-corrected chi connectivity index (χ4v) is 6.00. The summed E-state index contributed by atoms with van der Waals surface area (Å²) in [6.45, 7) is 8.06. The van der Waals surface area contributed by atoms with Crippen LogP contribution in [0.5, 0.6) is 5.75 Å². The maximum atomic E-state index is 13.6. The number of ether oxygens (including phenoxy) is 1. The lowest BCUT2D eigenvalue weighted by molar-refractivity contribution is 0.102. The van der Waals surface area contributed by atoms with Crippen LogP contribution in [0.2, 0.25) is 0 Å². The van der Waals surface area contributed by atoms with Crippen molar-refractivity contribution in [2.45, 2.75) is 39.5 Å². The second-order valence-corrected chi connectivity index (χ2v) is 10.7. The number of benzene rings is 2. The van der Waals surface area contributed by atoms with Gasteiger partial charge in [0.1, 0.15) is 5.75 Å². The number of anilines is 4. The van der Waals surface area contributed by atoms with E-state index in [1.165, 1.54) is 0 Å². The molecule has 1 aliphatic heterocycles. The van der Waals surface area contributed by atoms with Crippen LogP contribution < -0.4 is 25.6 Å². The third kappa shape index (κ3) is 5.18. The Morgan fingerprint density at radius 2 is 1.83 bits per heavy atom. The monoisotopic (exact) mass is 566 g/mol. The number of fused-ring (bicyclic) bond motifs is 3. The number of hydrogen-bond donors (Lipinski definition) is 3. The first-order valence-electron chi connectivity index (χ1n) is 14.8. The van der Waals surface area contributed by atoms with E-state index < -0.39 is 0 Å². The zero-order valence-corrected chi connectivity index (χ0v) is 24.8. The molecule has 2 aliphatic rings. The molecular formula is C32H38N8O2. The third-order valence-corrected chi connectivity index (χ3v) is 8.24. The number of nitrogens with one attached hydrogen (secondary N) is 3. The average Bonchev–Trinajstić information content (AvgIpc) is 3.38. The van der Waals surface area contributed by atoms with Crippen molar-refractivity contribution >= 4 is 28.9 Å². The molecule has 0 bridgehead atoms. The fourth-order valence-electron chi connectivity index (χ4n) is 6.00. The molecule has 4 aromatic rings. The number of carbonyl (C=O) groups excluding carboxylic acids is 1. The first-order valence-corrected chi connectivity index (χ1v) is 14.8. The van der Waals surface area contributed by atoms with E-state index in [9.17, 15) is 4.79 Å². The molecule has 6 rings (SSSR count). The summed E-state index contributed by atoms with van der Waals surface area (Å²) in [6.07, 6.45) is 4.99. The quantitative estimate of drug-likeness (QED) is 0.286. The first kappa shape index (κ1) is 27.7. The highest BCUT2D eigenvalue weighted by Crippen LogP contribution is 2.36. The number of aryl methyl sites for hydroxylation is 4. The molecule has 1 fully saturated rings. The molecule has 1 amide bonds. The van der Waals surface area contributed by atoms with Crippen molar-refractivity contribution in [1.82, 2.24) is 25.1 Å². The van der Waals surface area contributed by atoms with Crippen LogP contribution >= 0.6 is 0 Å². The number of amides is 1. The predicted molar refractivity (Wildman–Crippen MR) is 166 cm³/mol. The van der Waals surface area contributed by atoms with Gasteiger partial charge in [-0.3, -0.25) is 9.48 Å². The van der Waals surface area contributed by atoms with E-state index >= 15 is 0 Å². The summed E-state index contributed by atoms with van der Waals surface area (Å²) in [7, 11) is 3.54. The van der Waals surface area contributed by atoms with Gasteiger partial charge in [0.05, 0.1) is 24.2 Å². The summed E-state index contributed by atoms with van der Waals surface area (Å²) >= 11 is 0. The van der Waals surface area contributed by atoms with Gasteiger partial charge in [-0.15, -0.1) is 0 Å². The summed E-state index contributed by atoms with van der Waals surface area (Å²) in [5.74, 6) is 1.01. The molecule has 3 heterocycles. The highest BCUT2D eigenvalue weighted by atomic mass is 16.5. The van der Waals surface area contributed by atoms with E-state index in [4.69, 9.17) is 9.72 Å². The summed E-state index contributed by atoms with van der Waals surface area (Å²) < 4.78 is 7.50. The SMILES string of the molecule is CCc1cccc(CC)c1NC(=O)c1nn(C)c2c1CCc1cnc(Nc3ccc(N4CCNCC4)cc3OC)nc1-2. The second kappa shape index (κ2) is 11.8. The molecule has 0 unspecified atom stereocenters. The molecule has 2 aromatic carbocycles. The Morgan fingerprint density at radius 3 is 2.55 bits per heavy atom. The Balaban J connectivity index is 1.29. The maximum Gasteiger partial charge on any atom is 0.276 e. The summed E-state index contributed by atoms with van der Waals surface area (Å²) in [4.78, 5) is 25.5. The zero-order chi connectivity index (χ0) is 29.2. The van der Waals surface area contributed by atoms with E-state index in [0.29, 0.717) is 18.1 Å². The standard InChI is InChI=1S/C32H38N8O2/c1-5-20-8-7-9-21(6-2)27(20)36-31(41)29-24-12-10-22-19-34-32(37-28(22)30(24)39(3)38-29)35-25-13-11-23(18-26(25)42-4)40-16-14-33-15-17-40/h7-9,11,13,18-19,33H,5-6,10,12,14-17H2,1-4H3,(H,36,41)(H,34,35,37). The van der Waals surface area contributed by atoms with Gasteiger partial charge >= 0.3 is 0 Å². The van der Waals surface area contributed by atoms with Crippen molar-refractivity contribution in [1.29, 1.82) is 0 Å². The molecular weight excluding hydrogens is 528 g/mol. The molecule has 1 saturated heterocycles. The molecule has 218 valence electrons. The van der Waals surface area contributed by atoms with Crippen molar-refractivity contribution in [2.75, 3.05) is 48.8 Å². The summed E-state index contributed by atoms with van der Waals surface area (Å²) in [5.41, 5.74) is 9.11. The largest absolute Gasteiger partial charge is 0.494 e. The number of hydrogen-bond acceptors (Lipinski definition) is 8. The van der Waals surface area contributed by atoms with E-state index in [0.717, 1.165) is 102 Å². The van der Waals surface area contributed by atoms with Crippen molar-refractivity contribution in [3.05, 3.63) is 70.5 Å². The van der Waals surface area contributed by atoms with Gasteiger partial charge in [0.25, 0.3) is 5.91 Å². The molecule has 0 saturated carbocycles. The highest BCUT2D eigenvalue weighted by molar-refractivity contribution is 6.06. The number of piperazine rings is 1. The van der Waals surface area contributed by atoms with Crippen LogP contribution in [0.15, 0.2) is 42.6 Å². The fraction of sp³-hybridized carbons (Fsp3) is 0.375. The van der Waals surface area contributed by atoms with Crippen molar-refractivity contribution in [3.63, 3.8) is 0 Å². The van der Waals surface area contributed by atoms with Crippen molar-refractivity contribution < 1.29 is 9.53 Å². The molecule has 0 atom stereocenters. The minimum Gasteiger partial charge on any atom is -0.494 e. The Labute approximate surface area is 246 Å². The van der Waals surface area contributed by atoms with Crippen LogP contribution in [0.3, 0.4) is 0 Å². The lowest BCUT2D eigenvalue weighted by Crippen LogP contribution is -2.43. The van der Waals surface area contributed by atoms with E-state index in [1.807, 2.05) is 19.3 Å². The molecule has 0 spiro atoms. The van der Waals surface area contributed by atoms with Gasteiger partial charge < -0.3 is 25.6 Å². The van der Waals surface area contributed by atoms with Crippen LogP contribution in [0.4, 0.5) is 23.0 Å². The smallest absolute Gasteiger partial charge is 0.276 e. The average molecular weight is 567 g/mol. The molecule has 42 heavy (non-hydrogen) atoms. The van der Waals surface area contributed by atoms with Crippen molar-refractivity contribution in [3.8, 4) is 17.1 Å². The lowest BCUT2D eigenvalue weighted by Gasteiger charge is -2.30. The van der Waals surface area contributed by atoms with Crippen LogP contribution in [-0.2, 0) is 32.7 Å². The zero-order valence-electron chi connectivity index (χ0n) is 24.8. The Morgan fingerprint density at radius 1 is 1.07 bits per heavy atom. The number of para-hydroxylation sites is 1. The van der Waals surface area contributed by atoms with Gasteiger partial charge in [0.2, 0.25) is 5.95 Å². The van der Waals surface area contributed by atoms with Gasteiger partial charge in [0.15, 0.2) is 5.69 Å². The second-order valence-electron chi connectivity index (χ2n) is 10.7. The van der Waals surface area contributed by atoms with Crippen LogP contribution in [0, 0.1) is 0 Å². The van der Waals surface area contributed by atoms with Gasteiger partial charge in [0, 0.05) is 62.4 Å². The van der Waals surface area contributed by atoms with Gasteiger partial charge in [-0.25, -0.2) is 9.97 Å². The Bertz CT molecular complexity index is 1600. The summed E-state index contributed by atoms with van der Waals surface area (Å²) in [5, 5.41) is 14.6. The highest BCUT2D eigenvalue weighted by Gasteiger charge is 2.29. The minimum atomic E-state index is -0.187. The van der Waals surface area contributed by atoms with Gasteiger partial charge in [-0.1, -0.05) is 32.0 Å². The number of nitrogens with zero attached hydrogens (tertiary/aromatic N) is 5. The van der Waals surface area contributed by atoms with E-state index in [-0.39, 0.29) is 5.91 Å². The molecule has 10 heteroatoms. The molecule has 2 aromatic heterocycles. The molecule has 1 aliphatic carbocycles. The molecule has 0 radical (unpaired) electrons. The lowest BCUT2D eigenvalue weighted by atomic mass is 9.93. The van der Waals surface area contributed by atoms with Gasteiger partial charge in [-0.2, -0.15) is 5.10 Å². The Kier molecular flexibility index (Phi) is 7.80. The van der Waals surface area contributed by atoms with Crippen LogP contribution in [0.1, 0.15) is 46.6 Å². The Hall–Kier alpha value is -4.44. The topological polar surface area (TPSA) is 109 Å². The van der Waals surface area contributed by atoms with E-state index in [2.05, 4.69) is 75.1 Å². The normalized spacial score (nSPS) is 14.2. The molecule has 10 nitrogen and oxygen atoms in total. The number of rotatable bonds is 8. The third-order valence-electron chi connectivity index (χ3n) is 8.24. The van der Waals surface area contributed by atoms with Crippen LogP contribution in [-0.4, -0.2) is 58.9 Å². The number of aromatic nitrogens is 4. The predicted octanol–water partition coefficient (Wildman–Crippen LogP) is 4.51. The maximum absolute atomic E-state index is 13.6. The van der Waals surface area contributed by atoms with E-state index in [1.54, 1.807) is 11.8 Å². The number of methoxy groups -OCH3 is 1. The number of carbonyl (C=O) groups is 1. The molecule has 3 N–H and O–H groups in total. The minimum absolute atomic E-state index is 0.187. The summed E-state index contributed by atoms with van der Waals surface area (Å²) in [6, 6.07) is 12.3. The van der Waals surface area contributed by atoms with Gasteiger partial charge in [-0.05, 0) is 54.5 Å².